The summed E-state index contributed by atoms with van der Waals surface area (Å²) in [6.07, 6.45) is 4.12. The highest BCUT2D eigenvalue weighted by Gasteiger charge is 2.30. The summed E-state index contributed by atoms with van der Waals surface area (Å²) in [7, 11) is 2.99. The minimum Gasteiger partial charge on any atom is -0.494 e. The van der Waals surface area contributed by atoms with Crippen LogP contribution in [0.5, 0.6) is 5.75 Å². The molecular formula is C21H22FN7O3. The lowest BCUT2D eigenvalue weighted by Gasteiger charge is -2.17. The Morgan fingerprint density at radius 1 is 1.25 bits per heavy atom. The standard InChI is InChI=1S/C21H22FN7O3/c1-23-21(31)14-9-24-18(27-20(30)11-4-5-11)8-15(14)26-16-7-12(22)6-13(19(16)32-3)17-10-25-29(2)28-17/h6-11H,4-5H2,1-3H3,(H,23,31)(H2,24,26,27,30)/i1D3. The Labute approximate surface area is 187 Å². The average molecular weight is 442 g/mol. The largest absolute Gasteiger partial charge is 0.494 e. The number of rotatable bonds is 7. The Hall–Kier alpha value is -4.02. The number of nitrogens with one attached hydrogen (secondary N) is 3. The second-order valence-corrected chi connectivity index (χ2v) is 7.21. The molecule has 0 radical (unpaired) electrons. The maximum absolute atomic E-state index is 14.6. The van der Waals surface area contributed by atoms with Crippen molar-refractivity contribution in [3.8, 4) is 17.0 Å². The molecule has 0 saturated heterocycles. The molecule has 1 fully saturated rings. The third-order valence-corrected chi connectivity index (χ3v) is 4.86. The van der Waals surface area contributed by atoms with Crippen molar-refractivity contribution in [1.29, 1.82) is 0 Å². The third-order valence-electron chi connectivity index (χ3n) is 4.86. The minimum absolute atomic E-state index is 0.0712. The monoisotopic (exact) mass is 442 g/mol. The zero-order chi connectivity index (χ0) is 25.3. The molecule has 4 rings (SSSR count). The Bertz CT molecular complexity index is 1290. The lowest BCUT2D eigenvalue weighted by atomic mass is 10.1. The van der Waals surface area contributed by atoms with Crippen LogP contribution in [0, 0.1) is 11.7 Å². The minimum atomic E-state index is -2.75. The van der Waals surface area contributed by atoms with Crippen molar-refractivity contribution >= 4 is 29.0 Å². The molecule has 32 heavy (non-hydrogen) atoms. The van der Waals surface area contributed by atoms with Crippen LogP contribution in [0.3, 0.4) is 0 Å². The number of anilines is 3. The number of hydrogen-bond acceptors (Lipinski definition) is 7. The quantitative estimate of drug-likeness (QED) is 0.514. The van der Waals surface area contributed by atoms with Crippen LogP contribution in [0.15, 0.2) is 30.6 Å². The molecule has 1 saturated carbocycles. The van der Waals surface area contributed by atoms with Crippen molar-refractivity contribution in [3.05, 3.63) is 42.0 Å². The normalized spacial score (nSPS) is 14.7. The second kappa shape index (κ2) is 8.61. The highest BCUT2D eigenvalue weighted by atomic mass is 19.1. The molecule has 2 aromatic heterocycles. The van der Waals surface area contributed by atoms with Gasteiger partial charge in [-0.2, -0.15) is 15.0 Å². The van der Waals surface area contributed by atoms with E-state index in [1.807, 2.05) is 5.32 Å². The molecule has 0 bridgehead atoms. The molecule has 1 aliphatic rings. The van der Waals surface area contributed by atoms with Crippen LogP contribution in [0.4, 0.5) is 21.6 Å². The number of halogens is 1. The number of aryl methyl sites for hydroxylation is 1. The Balaban J connectivity index is 1.76. The summed E-state index contributed by atoms with van der Waals surface area (Å²) in [5.74, 6) is -1.53. The van der Waals surface area contributed by atoms with Gasteiger partial charge in [-0.15, -0.1) is 0 Å². The second-order valence-electron chi connectivity index (χ2n) is 7.21. The van der Waals surface area contributed by atoms with Gasteiger partial charge in [0.25, 0.3) is 5.91 Å². The summed E-state index contributed by atoms with van der Waals surface area (Å²) in [5.41, 5.74) is 0.703. The summed E-state index contributed by atoms with van der Waals surface area (Å²) in [5, 5.41) is 15.7. The first-order valence-electron chi connectivity index (χ1n) is 11.2. The van der Waals surface area contributed by atoms with E-state index >= 15 is 0 Å². The SMILES string of the molecule is [2H]C([2H])([2H])NC(=O)c1cnc(NC(=O)C2CC2)cc1Nc1cc(F)cc(-c2cnn(C)n2)c1OC. The van der Waals surface area contributed by atoms with E-state index < -0.39 is 18.7 Å². The van der Waals surface area contributed by atoms with Gasteiger partial charge in [0.1, 0.15) is 17.3 Å². The fourth-order valence-corrected chi connectivity index (χ4v) is 3.16. The number of amides is 2. The van der Waals surface area contributed by atoms with Crippen LogP contribution in [0.2, 0.25) is 0 Å². The van der Waals surface area contributed by atoms with E-state index in [4.69, 9.17) is 8.85 Å². The molecule has 1 aliphatic carbocycles. The highest BCUT2D eigenvalue weighted by molar-refractivity contribution is 6.01. The van der Waals surface area contributed by atoms with Crippen molar-refractivity contribution in [3.63, 3.8) is 0 Å². The van der Waals surface area contributed by atoms with Crippen molar-refractivity contribution in [2.24, 2.45) is 13.0 Å². The molecule has 3 N–H and O–H groups in total. The average Bonchev–Trinajstić information content (AvgIpc) is 3.53. The number of aromatic nitrogens is 4. The maximum Gasteiger partial charge on any atom is 0.254 e. The molecule has 0 atom stereocenters. The van der Waals surface area contributed by atoms with E-state index in [2.05, 4.69) is 25.8 Å². The molecular weight excluding hydrogens is 417 g/mol. The number of benzene rings is 1. The lowest BCUT2D eigenvalue weighted by molar-refractivity contribution is -0.117. The van der Waals surface area contributed by atoms with Gasteiger partial charge in [0, 0.05) is 42.4 Å². The van der Waals surface area contributed by atoms with Gasteiger partial charge < -0.3 is 20.7 Å². The van der Waals surface area contributed by atoms with Gasteiger partial charge in [0.2, 0.25) is 5.91 Å². The first-order valence-corrected chi connectivity index (χ1v) is 9.69. The summed E-state index contributed by atoms with van der Waals surface area (Å²) < 4.78 is 42.1. The van der Waals surface area contributed by atoms with Crippen LogP contribution in [-0.2, 0) is 11.8 Å². The van der Waals surface area contributed by atoms with E-state index in [0.717, 1.165) is 25.1 Å². The number of carbonyl (C=O) groups excluding carboxylic acids is 2. The fourth-order valence-electron chi connectivity index (χ4n) is 3.16. The number of carbonyl (C=O) groups is 2. The smallest absolute Gasteiger partial charge is 0.254 e. The van der Waals surface area contributed by atoms with E-state index in [0.29, 0.717) is 11.3 Å². The summed E-state index contributed by atoms with van der Waals surface area (Å²) in [6.45, 7) is -2.75. The molecule has 2 amide bonds. The molecule has 0 aliphatic heterocycles. The summed E-state index contributed by atoms with van der Waals surface area (Å²) in [4.78, 5) is 30.2. The van der Waals surface area contributed by atoms with Crippen molar-refractivity contribution in [1.82, 2.24) is 25.3 Å². The van der Waals surface area contributed by atoms with Gasteiger partial charge in [-0.05, 0) is 18.9 Å². The number of methoxy groups -OCH3 is 1. The molecule has 0 unspecified atom stereocenters. The van der Waals surface area contributed by atoms with Crippen LogP contribution in [0.1, 0.15) is 27.3 Å². The number of pyridine rings is 1. The molecule has 0 spiro atoms. The molecule has 10 nitrogen and oxygen atoms in total. The van der Waals surface area contributed by atoms with Crippen LogP contribution >= 0.6 is 0 Å². The molecule has 2 heterocycles. The first-order chi connectivity index (χ1) is 16.5. The third kappa shape index (κ3) is 4.36. The molecule has 3 aromatic rings. The Morgan fingerprint density at radius 3 is 2.72 bits per heavy atom. The van der Waals surface area contributed by atoms with Gasteiger partial charge in [0.05, 0.1) is 35.8 Å². The number of nitrogens with zero attached hydrogens (tertiary/aromatic N) is 4. The topological polar surface area (TPSA) is 123 Å². The highest BCUT2D eigenvalue weighted by Crippen LogP contribution is 2.39. The zero-order valence-corrected chi connectivity index (χ0v) is 17.3. The first kappa shape index (κ1) is 17.6. The van der Waals surface area contributed by atoms with Crippen molar-refractivity contribution in [2.75, 3.05) is 24.7 Å². The summed E-state index contributed by atoms with van der Waals surface area (Å²) >= 11 is 0. The predicted octanol–water partition coefficient (Wildman–Crippen LogP) is 2.48. The van der Waals surface area contributed by atoms with E-state index in [-0.39, 0.29) is 40.3 Å². The van der Waals surface area contributed by atoms with Crippen molar-refractivity contribution in [2.45, 2.75) is 12.8 Å². The molecule has 166 valence electrons. The lowest BCUT2D eigenvalue weighted by Crippen LogP contribution is -2.20. The molecule has 11 heteroatoms. The van der Waals surface area contributed by atoms with E-state index in [1.54, 1.807) is 7.05 Å². The Morgan fingerprint density at radius 2 is 2.06 bits per heavy atom. The van der Waals surface area contributed by atoms with Crippen LogP contribution in [-0.4, -0.2) is 45.9 Å². The fraction of sp³-hybridized carbons (Fsp3) is 0.286. The molecule has 1 aromatic carbocycles. The van der Waals surface area contributed by atoms with Crippen LogP contribution in [0.25, 0.3) is 11.3 Å². The predicted molar refractivity (Wildman–Crippen MR) is 115 cm³/mol. The van der Waals surface area contributed by atoms with Gasteiger partial charge in [-0.3, -0.25) is 9.59 Å². The van der Waals surface area contributed by atoms with E-state index in [1.165, 1.54) is 30.2 Å². The van der Waals surface area contributed by atoms with Gasteiger partial charge >= 0.3 is 0 Å². The number of ether oxygens (including phenoxy) is 1. The van der Waals surface area contributed by atoms with Gasteiger partial charge in [0.15, 0.2) is 5.75 Å². The van der Waals surface area contributed by atoms with Gasteiger partial charge in [-0.1, -0.05) is 0 Å². The number of hydrogen-bond donors (Lipinski definition) is 3. The van der Waals surface area contributed by atoms with Crippen LogP contribution < -0.4 is 20.7 Å². The Kier molecular flexibility index (Phi) is 4.75. The summed E-state index contributed by atoms with van der Waals surface area (Å²) in [6, 6.07) is 3.73. The van der Waals surface area contributed by atoms with Crippen molar-refractivity contribution < 1.29 is 22.8 Å². The maximum atomic E-state index is 14.6. The zero-order valence-electron chi connectivity index (χ0n) is 20.3. The van der Waals surface area contributed by atoms with E-state index in [9.17, 15) is 14.0 Å². The van der Waals surface area contributed by atoms with Gasteiger partial charge in [-0.25, -0.2) is 9.37 Å².